The number of rotatable bonds is 7. The Bertz CT molecular complexity index is 457. The average Bonchev–Trinajstić information content (AvgIpc) is 2.46. The Balaban J connectivity index is 0.00000400. The molecule has 6 nitrogen and oxygen atoms in total. The molecule has 1 rings (SSSR count). The quantitative estimate of drug-likeness (QED) is 0.791. The van der Waals surface area contributed by atoms with Crippen LogP contribution in [0.2, 0.25) is 0 Å². The summed E-state index contributed by atoms with van der Waals surface area (Å²) < 4.78 is 15.3. The molecule has 3 N–H and O–H groups in total. The van der Waals surface area contributed by atoms with Gasteiger partial charge in [0.2, 0.25) is 5.91 Å². The molecular weight excluding hydrogens is 296 g/mol. The van der Waals surface area contributed by atoms with E-state index in [1.165, 1.54) is 7.11 Å². The average molecular weight is 319 g/mol. The van der Waals surface area contributed by atoms with Crippen LogP contribution in [0, 0.1) is 0 Å². The van der Waals surface area contributed by atoms with Crippen LogP contribution in [0.3, 0.4) is 0 Å². The molecule has 1 amide bonds. The van der Waals surface area contributed by atoms with Crippen LogP contribution in [0.5, 0.6) is 11.5 Å². The Morgan fingerprint density at radius 3 is 2.38 bits per heavy atom. The third kappa shape index (κ3) is 5.41. The number of carbonyl (C=O) groups excluding carboxylic acids is 1. The molecule has 21 heavy (non-hydrogen) atoms. The van der Waals surface area contributed by atoms with Gasteiger partial charge in [-0.25, -0.2) is 0 Å². The van der Waals surface area contributed by atoms with Gasteiger partial charge in [0.25, 0.3) is 0 Å². The molecule has 2 atom stereocenters. The normalized spacial score (nSPS) is 12.8. The molecule has 0 heterocycles. The molecule has 0 bridgehead atoms. The Morgan fingerprint density at radius 2 is 1.86 bits per heavy atom. The van der Waals surface area contributed by atoms with Crippen molar-refractivity contribution in [1.82, 2.24) is 5.32 Å². The van der Waals surface area contributed by atoms with E-state index < -0.39 is 6.04 Å². The minimum atomic E-state index is -0.678. The van der Waals surface area contributed by atoms with E-state index in [1.807, 2.05) is 19.1 Å². The van der Waals surface area contributed by atoms with E-state index in [4.69, 9.17) is 19.9 Å². The second-order valence-electron chi connectivity index (χ2n) is 4.41. The summed E-state index contributed by atoms with van der Waals surface area (Å²) in [5, 5.41) is 2.83. The lowest BCUT2D eigenvalue weighted by atomic mass is 10.1. The summed E-state index contributed by atoms with van der Waals surface area (Å²) in [7, 11) is 4.65. The SMILES string of the molecule is COCC(N)C(=O)NC(C)c1ccc(OC)c(OC)c1.Cl. The minimum Gasteiger partial charge on any atom is -0.493 e. The van der Waals surface area contributed by atoms with Crippen LogP contribution >= 0.6 is 12.4 Å². The van der Waals surface area contributed by atoms with E-state index in [-0.39, 0.29) is 31.0 Å². The van der Waals surface area contributed by atoms with Crippen molar-refractivity contribution < 1.29 is 19.0 Å². The fourth-order valence-electron chi connectivity index (χ4n) is 1.78. The second kappa shape index (κ2) is 9.44. The maximum atomic E-state index is 11.8. The Morgan fingerprint density at radius 1 is 1.24 bits per heavy atom. The van der Waals surface area contributed by atoms with E-state index in [2.05, 4.69) is 5.32 Å². The second-order valence-corrected chi connectivity index (χ2v) is 4.41. The largest absolute Gasteiger partial charge is 0.493 e. The van der Waals surface area contributed by atoms with Crippen LogP contribution in [0.25, 0.3) is 0 Å². The number of hydrogen-bond donors (Lipinski definition) is 2. The third-order valence-corrected chi connectivity index (χ3v) is 2.95. The summed E-state index contributed by atoms with van der Waals surface area (Å²) in [5.74, 6) is 1.01. The highest BCUT2D eigenvalue weighted by Crippen LogP contribution is 2.29. The van der Waals surface area contributed by atoms with Crippen molar-refractivity contribution in [2.45, 2.75) is 19.0 Å². The monoisotopic (exact) mass is 318 g/mol. The molecule has 0 aromatic heterocycles. The van der Waals surface area contributed by atoms with Crippen LogP contribution in [-0.2, 0) is 9.53 Å². The first-order valence-electron chi connectivity index (χ1n) is 6.30. The van der Waals surface area contributed by atoms with Gasteiger partial charge in [-0.1, -0.05) is 6.07 Å². The number of hydrogen-bond acceptors (Lipinski definition) is 5. The van der Waals surface area contributed by atoms with Gasteiger partial charge in [0.05, 0.1) is 26.9 Å². The summed E-state index contributed by atoms with van der Waals surface area (Å²) in [6.45, 7) is 2.06. The number of nitrogens with two attached hydrogens (primary N) is 1. The maximum Gasteiger partial charge on any atom is 0.239 e. The van der Waals surface area contributed by atoms with Gasteiger partial charge in [-0.05, 0) is 24.6 Å². The Labute approximate surface area is 131 Å². The van der Waals surface area contributed by atoms with E-state index in [0.29, 0.717) is 11.5 Å². The number of benzene rings is 1. The van der Waals surface area contributed by atoms with Crippen molar-refractivity contribution >= 4 is 18.3 Å². The molecule has 120 valence electrons. The van der Waals surface area contributed by atoms with E-state index >= 15 is 0 Å². The number of ether oxygens (including phenoxy) is 3. The summed E-state index contributed by atoms with van der Waals surface area (Å²) in [6.07, 6.45) is 0. The molecular formula is C14H23ClN2O4. The lowest BCUT2D eigenvalue weighted by Crippen LogP contribution is -2.44. The van der Waals surface area contributed by atoms with E-state index in [9.17, 15) is 4.79 Å². The first-order chi connectivity index (χ1) is 9.53. The highest BCUT2D eigenvalue weighted by atomic mass is 35.5. The van der Waals surface area contributed by atoms with E-state index in [0.717, 1.165) is 5.56 Å². The lowest BCUT2D eigenvalue weighted by Gasteiger charge is -2.18. The highest BCUT2D eigenvalue weighted by Gasteiger charge is 2.17. The zero-order valence-corrected chi connectivity index (χ0v) is 13.5. The number of halogens is 1. The van der Waals surface area contributed by atoms with Gasteiger partial charge in [0.15, 0.2) is 11.5 Å². The van der Waals surface area contributed by atoms with Gasteiger partial charge >= 0.3 is 0 Å². The summed E-state index contributed by atoms with van der Waals surface area (Å²) in [4.78, 5) is 11.8. The molecule has 1 aromatic carbocycles. The van der Waals surface area contributed by atoms with Crippen molar-refractivity contribution in [1.29, 1.82) is 0 Å². The van der Waals surface area contributed by atoms with Crippen LogP contribution in [0.15, 0.2) is 18.2 Å². The topological polar surface area (TPSA) is 82.8 Å². The van der Waals surface area contributed by atoms with Crippen LogP contribution in [-0.4, -0.2) is 39.9 Å². The van der Waals surface area contributed by atoms with Crippen molar-refractivity contribution in [3.63, 3.8) is 0 Å². The summed E-state index contributed by atoms with van der Waals surface area (Å²) >= 11 is 0. The molecule has 0 spiro atoms. The number of nitrogens with one attached hydrogen (secondary N) is 1. The number of methoxy groups -OCH3 is 3. The molecule has 0 aliphatic carbocycles. The van der Waals surface area contributed by atoms with Gasteiger partial charge in [-0.3, -0.25) is 4.79 Å². The first-order valence-corrected chi connectivity index (χ1v) is 6.30. The van der Waals surface area contributed by atoms with E-state index in [1.54, 1.807) is 20.3 Å². The fraction of sp³-hybridized carbons (Fsp3) is 0.500. The molecule has 0 radical (unpaired) electrons. The maximum absolute atomic E-state index is 11.8. The van der Waals surface area contributed by atoms with Gasteiger partial charge in [0.1, 0.15) is 6.04 Å². The molecule has 0 fully saturated rings. The molecule has 7 heteroatoms. The highest BCUT2D eigenvalue weighted by molar-refractivity contribution is 5.85. The van der Waals surface area contributed by atoms with Gasteiger partial charge < -0.3 is 25.3 Å². The van der Waals surface area contributed by atoms with Crippen molar-refractivity contribution in [2.24, 2.45) is 5.73 Å². The zero-order chi connectivity index (χ0) is 15.1. The smallest absolute Gasteiger partial charge is 0.239 e. The molecule has 2 unspecified atom stereocenters. The standard InChI is InChI=1S/C14H22N2O4.ClH/c1-9(16-14(17)11(15)8-18-2)10-5-6-12(19-3)13(7-10)20-4;/h5-7,9,11H,8,15H2,1-4H3,(H,16,17);1H. The Hall–Kier alpha value is -1.50. The van der Waals surface area contributed by atoms with Crippen molar-refractivity contribution in [3.05, 3.63) is 23.8 Å². The third-order valence-electron chi connectivity index (χ3n) is 2.95. The molecule has 0 aliphatic heterocycles. The molecule has 0 saturated heterocycles. The predicted octanol–water partition coefficient (Wildman–Crippen LogP) is 1.28. The van der Waals surface area contributed by atoms with Crippen LogP contribution in [0.1, 0.15) is 18.5 Å². The van der Waals surface area contributed by atoms with Crippen molar-refractivity contribution in [3.8, 4) is 11.5 Å². The van der Waals surface area contributed by atoms with Crippen molar-refractivity contribution in [2.75, 3.05) is 27.9 Å². The summed E-state index contributed by atoms with van der Waals surface area (Å²) in [5.41, 5.74) is 6.58. The summed E-state index contributed by atoms with van der Waals surface area (Å²) in [6, 6.07) is 4.62. The number of amides is 1. The molecule has 1 aromatic rings. The minimum absolute atomic E-state index is 0. The Kier molecular flexibility index (Phi) is 8.76. The lowest BCUT2D eigenvalue weighted by molar-refractivity contribution is -0.124. The zero-order valence-electron chi connectivity index (χ0n) is 12.7. The first kappa shape index (κ1) is 19.5. The number of carbonyl (C=O) groups is 1. The van der Waals surface area contributed by atoms with Crippen LogP contribution < -0.4 is 20.5 Å². The fourth-order valence-corrected chi connectivity index (χ4v) is 1.78. The molecule has 0 aliphatic rings. The van der Waals surface area contributed by atoms with Gasteiger partial charge in [-0.2, -0.15) is 0 Å². The predicted molar refractivity (Wildman–Crippen MR) is 83.2 cm³/mol. The van der Waals surface area contributed by atoms with Crippen LogP contribution in [0.4, 0.5) is 0 Å². The molecule has 0 saturated carbocycles. The van der Waals surface area contributed by atoms with Gasteiger partial charge in [-0.15, -0.1) is 12.4 Å². The van der Waals surface area contributed by atoms with Gasteiger partial charge in [0, 0.05) is 7.11 Å².